The third-order valence-electron chi connectivity index (χ3n) is 6.05. The van der Waals surface area contributed by atoms with Crippen LogP contribution < -0.4 is 24.4 Å². The van der Waals surface area contributed by atoms with Crippen LogP contribution in [-0.4, -0.2) is 67.9 Å². The van der Waals surface area contributed by atoms with Crippen LogP contribution >= 0.6 is 0 Å². The average molecular weight is 466 g/mol. The lowest BCUT2D eigenvalue weighted by Crippen LogP contribution is -2.50. The molecule has 180 valence electrons. The van der Waals surface area contributed by atoms with Crippen molar-refractivity contribution >= 4 is 17.4 Å². The Hall–Kier alpha value is -3.72. The van der Waals surface area contributed by atoms with Crippen molar-refractivity contribution in [2.75, 3.05) is 51.1 Å². The fraction of sp³-hybridized carbons (Fsp3) is 0.360. The molecule has 1 fully saturated rings. The van der Waals surface area contributed by atoms with Crippen molar-refractivity contribution in [3.8, 4) is 17.4 Å². The van der Waals surface area contributed by atoms with Gasteiger partial charge >= 0.3 is 0 Å². The van der Waals surface area contributed by atoms with Crippen molar-refractivity contribution in [3.05, 3.63) is 59.7 Å². The molecular weight excluding hydrogens is 434 g/mol. The van der Waals surface area contributed by atoms with Gasteiger partial charge in [-0.25, -0.2) is 0 Å². The molecule has 0 radical (unpaired) electrons. The van der Waals surface area contributed by atoms with Crippen molar-refractivity contribution in [3.63, 3.8) is 0 Å². The summed E-state index contributed by atoms with van der Waals surface area (Å²) < 4.78 is 16.3. The number of piperazine rings is 1. The molecular formula is C25H31N5O4. The van der Waals surface area contributed by atoms with E-state index in [1.165, 1.54) is 0 Å². The number of aromatic nitrogens is 2. The zero-order valence-electron chi connectivity index (χ0n) is 20.0. The first-order valence-corrected chi connectivity index (χ1v) is 11.2. The molecule has 0 bridgehead atoms. The molecule has 3 aromatic rings. The van der Waals surface area contributed by atoms with Gasteiger partial charge in [0.25, 0.3) is 5.91 Å². The number of methoxy groups -OCH3 is 2. The Labute approximate surface area is 199 Å². The van der Waals surface area contributed by atoms with Gasteiger partial charge in [-0.1, -0.05) is 0 Å². The molecule has 9 nitrogen and oxygen atoms in total. The second-order valence-electron chi connectivity index (χ2n) is 8.41. The highest BCUT2D eigenvalue weighted by atomic mass is 16.5. The smallest absolute Gasteiger partial charge is 0.256 e. The Morgan fingerprint density at radius 3 is 2.44 bits per heavy atom. The van der Waals surface area contributed by atoms with Crippen molar-refractivity contribution in [1.29, 1.82) is 0 Å². The van der Waals surface area contributed by atoms with E-state index in [4.69, 9.17) is 14.2 Å². The highest BCUT2D eigenvalue weighted by Gasteiger charge is 2.21. The van der Waals surface area contributed by atoms with Gasteiger partial charge in [-0.2, -0.15) is 0 Å². The summed E-state index contributed by atoms with van der Waals surface area (Å²) in [5, 5.41) is 9.74. The highest BCUT2D eigenvalue weighted by Crippen LogP contribution is 2.24. The Morgan fingerprint density at radius 1 is 1.09 bits per heavy atom. The summed E-state index contributed by atoms with van der Waals surface area (Å²) in [6, 6.07) is 15.4. The fourth-order valence-corrected chi connectivity index (χ4v) is 3.85. The summed E-state index contributed by atoms with van der Waals surface area (Å²) in [5.74, 6) is 1.98. The normalized spacial score (nSPS) is 16.2. The number of aromatic amines is 1. The number of hydrogen-bond donors (Lipinski definition) is 2. The number of carbonyl (C=O) groups is 1. The van der Waals surface area contributed by atoms with Gasteiger partial charge in [0, 0.05) is 49.1 Å². The predicted molar refractivity (Wildman–Crippen MR) is 131 cm³/mol. The molecule has 1 amide bonds. The molecule has 2 heterocycles. The molecule has 34 heavy (non-hydrogen) atoms. The lowest BCUT2D eigenvalue weighted by atomic mass is 10.1. The number of amides is 1. The summed E-state index contributed by atoms with van der Waals surface area (Å²) in [6.07, 6.45) is 0. The van der Waals surface area contributed by atoms with Crippen LogP contribution in [0.2, 0.25) is 0 Å². The minimum absolute atomic E-state index is 0.217. The molecule has 2 N–H and O–H groups in total. The number of nitrogens with one attached hydrogen (secondary N) is 2. The van der Waals surface area contributed by atoms with Crippen LogP contribution in [0, 0.1) is 0 Å². The van der Waals surface area contributed by atoms with E-state index >= 15 is 0 Å². The minimum Gasteiger partial charge on any atom is -0.497 e. The van der Waals surface area contributed by atoms with Crippen LogP contribution in [0.25, 0.3) is 0 Å². The first kappa shape index (κ1) is 23.4. The number of carbonyl (C=O) groups excluding carboxylic acids is 1. The third-order valence-corrected chi connectivity index (χ3v) is 6.05. The number of hydrogen-bond acceptors (Lipinski definition) is 7. The molecule has 1 aromatic heterocycles. The van der Waals surface area contributed by atoms with Gasteiger partial charge in [-0.3, -0.25) is 9.89 Å². The predicted octanol–water partition coefficient (Wildman–Crippen LogP) is 3.40. The van der Waals surface area contributed by atoms with E-state index in [2.05, 4.69) is 39.3 Å². The first-order chi connectivity index (χ1) is 16.4. The van der Waals surface area contributed by atoms with Crippen molar-refractivity contribution in [2.45, 2.75) is 19.6 Å². The lowest BCUT2D eigenvalue weighted by Gasteiger charge is -2.39. The van der Waals surface area contributed by atoms with E-state index in [1.807, 2.05) is 36.4 Å². The van der Waals surface area contributed by atoms with Gasteiger partial charge in [0.15, 0.2) is 0 Å². The first-order valence-electron chi connectivity index (χ1n) is 11.2. The number of H-pyrrole nitrogens is 1. The maximum atomic E-state index is 12.7. The average Bonchev–Trinajstić information content (AvgIpc) is 3.31. The molecule has 1 saturated heterocycles. The van der Waals surface area contributed by atoms with E-state index in [9.17, 15) is 4.79 Å². The van der Waals surface area contributed by atoms with E-state index in [-0.39, 0.29) is 12.5 Å². The van der Waals surface area contributed by atoms with Crippen LogP contribution in [0.4, 0.5) is 11.5 Å². The van der Waals surface area contributed by atoms with Gasteiger partial charge in [0.1, 0.15) is 23.9 Å². The van der Waals surface area contributed by atoms with E-state index in [0.29, 0.717) is 34.8 Å². The van der Waals surface area contributed by atoms with Crippen LogP contribution in [-0.2, 0) is 6.61 Å². The van der Waals surface area contributed by atoms with E-state index in [1.54, 1.807) is 26.4 Å². The molecule has 9 heteroatoms. The molecule has 4 rings (SSSR count). The third kappa shape index (κ3) is 5.60. The lowest BCUT2D eigenvalue weighted by molar-refractivity contribution is 0.102. The number of rotatable bonds is 8. The maximum Gasteiger partial charge on any atom is 0.256 e. The quantitative estimate of drug-likeness (QED) is 0.527. The standard InChI is InChI=1S/C25H31N5O4/c1-17-15-30(10-9-29(17)2)20-7-5-19(6-8-20)25(31)26-23-14-24(28-27-23)34-16-18-11-21(32-3)13-22(12-18)33-4/h5-8,11-14,17H,9-10,15-16H2,1-4H3,(H2,26,27,28,31). The summed E-state index contributed by atoms with van der Waals surface area (Å²) >= 11 is 0. The summed E-state index contributed by atoms with van der Waals surface area (Å²) in [6.45, 7) is 5.48. The maximum absolute atomic E-state index is 12.7. The molecule has 1 atom stereocenters. The molecule has 2 aromatic carbocycles. The van der Waals surface area contributed by atoms with Gasteiger partial charge in [0.05, 0.1) is 14.2 Å². The van der Waals surface area contributed by atoms with Gasteiger partial charge in [-0.15, -0.1) is 5.10 Å². The molecule has 1 aliphatic heterocycles. The van der Waals surface area contributed by atoms with E-state index in [0.717, 1.165) is 30.9 Å². The minimum atomic E-state index is -0.217. The Bertz CT molecular complexity index is 1090. The number of benzene rings is 2. The summed E-state index contributed by atoms with van der Waals surface area (Å²) in [7, 11) is 5.35. The van der Waals surface area contributed by atoms with Crippen LogP contribution in [0.5, 0.6) is 17.4 Å². The van der Waals surface area contributed by atoms with Gasteiger partial charge < -0.3 is 29.3 Å². The fourth-order valence-electron chi connectivity index (χ4n) is 3.85. The molecule has 1 unspecified atom stereocenters. The van der Waals surface area contributed by atoms with Crippen LogP contribution in [0.1, 0.15) is 22.8 Å². The van der Waals surface area contributed by atoms with Crippen molar-refractivity contribution in [2.24, 2.45) is 0 Å². The van der Waals surface area contributed by atoms with Gasteiger partial charge in [0.2, 0.25) is 5.88 Å². The largest absolute Gasteiger partial charge is 0.497 e. The number of likely N-dealkylation sites (N-methyl/N-ethyl adjacent to an activating group) is 1. The zero-order chi connectivity index (χ0) is 24.1. The van der Waals surface area contributed by atoms with Crippen LogP contribution in [0.3, 0.4) is 0 Å². The van der Waals surface area contributed by atoms with Crippen molar-refractivity contribution < 1.29 is 19.0 Å². The highest BCUT2D eigenvalue weighted by molar-refractivity contribution is 6.04. The van der Waals surface area contributed by atoms with Gasteiger partial charge in [-0.05, 0) is 55.9 Å². The van der Waals surface area contributed by atoms with E-state index < -0.39 is 0 Å². The monoisotopic (exact) mass is 465 g/mol. The summed E-state index contributed by atoms with van der Waals surface area (Å²) in [5.41, 5.74) is 2.58. The molecule has 0 saturated carbocycles. The number of nitrogens with zero attached hydrogens (tertiary/aromatic N) is 3. The Balaban J connectivity index is 1.33. The van der Waals surface area contributed by atoms with Crippen LogP contribution in [0.15, 0.2) is 48.5 Å². The summed E-state index contributed by atoms with van der Waals surface area (Å²) in [4.78, 5) is 17.4. The zero-order valence-corrected chi connectivity index (χ0v) is 20.0. The van der Waals surface area contributed by atoms with Crippen molar-refractivity contribution in [1.82, 2.24) is 15.1 Å². The molecule has 0 aliphatic carbocycles. The number of ether oxygens (including phenoxy) is 3. The second kappa shape index (κ2) is 10.5. The SMILES string of the molecule is COc1cc(COc2cc(NC(=O)c3ccc(N4CCN(C)C(C)C4)cc3)[nH]n2)cc(OC)c1. The second-order valence-corrected chi connectivity index (χ2v) is 8.41. The topological polar surface area (TPSA) is 92.0 Å². The molecule has 0 spiro atoms. The number of anilines is 2. The molecule has 1 aliphatic rings. The Kier molecular flexibility index (Phi) is 7.22. The Morgan fingerprint density at radius 2 is 1.79 bits per heavy atom.